The lowest BCUT2D eigenvalue weighted by Crippen LogP contribution is -2.14. The van der Waals surface area contributed by atoms with Crippen LogP contribution in [-0.2, 0) is 9.53 Å². The number of aryl methyl sites for hydroxylation is 1. The van der Waals surface area contributed by atoms with Crippen molar-refractivity contribution >= 4 is 11.4 Å². The van der Waals surface area contributed by atoms with Crippen LogP contribution < -0.4 is 0 Å². The van der Waals surface area contributed by atoms with E-state index in [-0.39, 0.29) is 5.78 Å². The van der Waals surface area contributed by atoms with E-state index in [1.54, 1.807) is 0 Å². The lowest BCUT2D eigenvalue weighted by atomic mass is 9.91. The first kappa shape index (κ1) is 11.9. The van der Waals surface area contributed by atoms with Crippen LogP contribution in [0, 0.1) is 6.92 Å². The Bertz CT molecular complexity index is 458. The van der Waals surface area contributed by atoms with Gasteiger partial charge in [0, 0.05) is 12.0 Å². The Balaban J connectivity index is 2.45. The van der Waals surface area contributed by atoms with E-state index in [9.17, 15) is 4.79 Å². The zero-order valence-corrected chi connectivity index (χ0v) is 10.5. The monoisotopic (exact) mass is 230 g/mol. The molecular weight excluding hydrogens is 212 g/mol. The highest BCUT2D eigenvalue weighted by Gasteiger charge is 2.22. The van der Waals surface area contributed by atoms with Gasteiger partial charge in [0.15, 0.2) is 11.5 Å². The van der Waals surface area contributed by atoms with Crippen molar-refractivity contribution in [3.05, 3.63) is 41.2 Å². The average Bonchev–Trinajstić information content (AvgIpc) is 2.32. The molecule has 0 saturated heterocycles. The largest absolute Gasteiger partial charge is 0.490 e. The van der Waals surface area contributed by atoms with E-state index < -0.39 is 0 Å². The molecular formula is C15H18O2. The van der Waals surface area contributed by atoms with Crippen LogP contribution in [0.2, 0.25) is 0 Å². The second kappa shape index (κ2) is 5.17. The molecule has 1 aliphatic carbocycles. The maximum Gasteiger partial charge on any atom is 0.197 e. The zero-order valence-electron chi connectivity index (χ0n) is 10.5. The van der Waals surface area contributed by atoms with Gasteiger partial charge in [0.05, 0.1) is 6.61 Å². The predicted octanol–water partition coefficient (Wildman–Crippen LogP) is 3.50. The maximum atomic E-state index is 11.9. The molecule has 0 aromatic heterocycles. The zero-order chi connectivity index (χ0) is 12.3. The summed E-state index contributed by atoms with van der Waals surface area (Å²) in [5, 5.41) is 0. The third-order valence-corrected chi connectivity index (χ3v) is 3.01. The van der Waals surface area contributed by atoms with Gasteiger partial charge in [0.25, 0.3) is 0 Å². The first-order valence-corrected chi connectivity index (χ1v) is 6.18. The van der Waals surface area contributed by atoms with Crippen LogP contribution in [0.25, 0.3) is 5.57 Å². The fourth-order valence-corrected chi connectivity index (χ4v) is 2.24. The SMILES string of the molecule is CCOC1=C(c2cccc(C)c2)CCCC1=O. The summed E-state index contributed by atoms with van der Waals surface area (Å²) in [4.78, 5) is 11.9. The molecule has 2 heteroatoms. The van der Waals surface area contributed by atoms with Gasteiger partial charge in [0.1, 0.15) is 0 Å². The smallest absolute Gasteiger partial charge is 0.197 e. The highest BCUT2D eigenvalue weighted by Crippen LogP contribution is 2.31. The quantitative estimate of drug-likeness (QED) is 0.794. The van der Waals surface area contributed by atoms with E-state index in [1.807, 2.05) is 13.0 Å². The topological polar surface area (TPSA) is 26.3 Å². The molecule has 0 radical (unpaired) electrons. The number of hydrogen-bond donors (Lipinski definition) is 0. The van der Waals surface area contributed by atoms with E-state index >= 15 is 0 Å². The molecule has 0 saturated carbocycles. The second-order valence-corrected chi connectivity index (χ2v) is 4.39. The Morgan fingerprint density at radius 3 is 2.82 bits per heavy atom. The van der Waals surface area contributed by atoms with Crippen LogP contribution in [0.4, 0.5) is 0 Å². The summed E-state index contributed by atoms with van der Waals surface area (Å²) in [5.41, 5.74) is 3.41. The van der Waals surface area contributed by atoms with Gasteiger partial charge in [-0.05, 0) is 32.3 Å². The highest BCUT2D eigenvalue weighted by molar-refractivity contribution is 6.02. The number of ketones is 1. The molecule has 0 bridgehead atoms. The molecule has 17 heavy (non-hydrogen) atoms. The van der Waals surface area contributed by atoms with Crippen LogP contribution in [-0.4, -0.2) is 12.4 Å². The number of allylic oxidation sites excluding steroid dienone is 2. The minimum absolute atomic E-state index is 0.148. The molecule has 1 aliphatic rings. The Labute approximate surface area is 102 Å². The molecule has 0 spiro atoms. The fourth-order valence-electron chi connectivity index (χ4n) is 2.24. The minimum atomic E-state index is 0.148. The normalized spacial score (nSPS) is 16.2. The van der Waals surface area contributed by atoms with Gasteiger partial charge in [0.2, 0.25) is 0 Å². The average molecular weight is 230 g/mol. The Kier molecular flexibility index (Phi) is 3.62. The predicted molar refractivity (Wildman–Crippen MR) is 68.6 cm³/mol. The Morgan fingerprint density at radius 2 is 2.12 bits per heavy atom. The van der Waals surface area contributed by atoms with E-state index in [4.69, 9.17) is 4.74 Å². The number of hydrogen-bond acceptors (Lipinski definition) is 2. The standard InChI is InChI=1S/C15H18O2/c1-3-17-15-13(8-5-9-14(15)16)12-7-4-6-11(2)10-12/h4,6-7,10H,3,5,8-9H2,1-2H3. The fraction of sp³-hybridized carbons (Fsp3) is 0.400. The maximum absolute atomic E-state index is 11.9. The van der Waals surface area contributed by atoms with Crippen LogP contribution >= 0.6 is 0 Å². The molecule has 0 unspecified atom stereocenters. The van der Waals surface area contributed by atoms with Crippen molar-refractivity contribution < 1.29 is 9.53 Å². The molecule has 0 atom stereocenters. The minimum Gasteiger partial charge on any atom is -0.490 e. The van der Waals surface area contributed by atoms with E-state index in [2.05, 4.69) is 25.1 Å². The summed E-state index contributed by atoms with van der Waals surface area (Å²) < 4.78 is 5.53. The van der Waals surface area contributed by atoms with Crippen molar-refractivity contribution in [1.82, 2.24) is 0 Å². The van der Waals surface area contributed by atoms with Crippen molar-refractivity contribution in [3.63, 3.8) is 0 Å². The van der Waals surface area contributed by atoms with Gasteiger partial charge in [-0.2, -0.15) is 0 Å². The summed E-state index contributed by atoms with van der Waals surface area (Å²) in [5.74, 6) is 0.735. The summed E-state index contributed by atoms with van der Waals surface area (Å²) in [6.45, 7) is 4.54. The van der Waals surface area contributed by atoms with Crippen LogP contribution in [0.15, 0.2) is 30.0 Å². The first-order chi connectivity index (χ1) is 8.22. The van der Waals surface area contributed by atoms with Gasteiger partial charge in [-0.15, -0.1) is 0 Å². The van der Waals surface area contributed by atoms with Crippen molar-refractivity contribution in [2.75, 3.05) is 6.61 Å². The van der Waals surface area contributed by atoms with Gasteiger partial charge < -0.3 is 4.74 Å². The second-order valence-electron chi connectivity index (χ2n) is 4.39. The molecule has 90 valence electrons. The van der Waals surface area contributed by atoms with Crippen LogP contribution in [0.3, 0.4) is 0 Å². The first-order valence-electron chi connectivity index (χ1n) is 6.18. The van der Waals surface area contributed by atoms with Crippen molar-refractivity contribution in [1.29, 1.82) is 0 Å². The molecule has 2 nitrogen and oxygen atoms in total. The molecule has 0 heterocycles. The summed E-state index contributed by atoms with van der Waals surface area (Å²) in [7, 11) is 0. The number of Topliss-reactive ketones (excluding diaryl/α,β-unsaturated/α-hetero) is 1. The van der Waals surface area contributed by atoms with Gasteiger partial charge in [-0.25, -0.2) is 0 Å². The highest BCUT2D eigenvalue weighted by atomic mass is 16.5. The van der Waals surface area contributed by atoms with Gasteiger partial charge in [-0.1, -0.05) is 29.8 Å². The number of carbonyl (C=O) groups is 1. The third-order valence-electron chi connectivity index (χ3n) is 3.01. The number of rotatable bonds is 3. The molecule has 2 rings (SSSR count). The number of benzene rings is 1. The van der Waals surface area contributed by atoms with E-state index in [1.165, 1.54) is 5.56 Å². The van der Waals surface area contributed by atoms with Gasteiger partial charge in [-0.3, -0.25) is 4.79 Å². The number of ether oxygens (including phenoxy) is 1. The third kappa shape index (κ3) is 2.57. The molecule has 1 aromatic carbocycles. The van der Waals surface area contributed by atoms with Crippen LogP contribution in [0.1, 0.15) is 37.3 Å². The molecule has 0 N–H and O–H groups in total. The molecule has 1 aromatic rings. The Hall–Kier alpha value is -1.57. The molecule has 0 fully saturated rings. The van der Waals surface area contributed by atoms with E-state index in [0.29, 0.717) is 18.8 Å². The Morgan fingerprint density at radius 1 is 1.29 bits per heavy atom. The number of carbonyl (C=O) groups excluding carboxylic acids is 1. The summed E-state index contributed by atoms with van der Waals surface area (Å²) in [6.07, 6.45) is 2.48. The molecule has 0 amide bonds. The van der Waals surface area contributed by atoms with Crippen molar-refractivity contribution in [2.24, 2.45) is 0 Å². The summed E-state index contributed by atoms with van der Waals surface area (Å²) >= 11 is 0. The van der Waals surface area contributed by atoms with Crippen molar-refractivity contribution in [2.45, 2.75) is 33.1 Å². The summed E-state index contributed by atoms with van der Waals surface area (Å²) in [6, 6.07) is 8.27. The van der Waals surface area contributed by atoms with Crippen LogP contribution in [0.5, 0.6) is 0 Å². The van der Waals surface area contributed by atoms with Gasteiger partial charge >= 0.3 is 0 Å². The van der Waals surface area contributed by atoms with Crippen molar-refractivity contribution in [3.8, 4) is 0 Å². The lowest BCUT2D eigenvalue weighted by molar-refractivity contribution is -0.119. The lowest BCUT2D eigenvalue weighted by Gasteiger charge is -2.19. The van der Waals surface area contributed by atoms with E-state index in [0.717, 1.165) is 24.0 Å². The molecule has 0 aliphatic heterocycles.